The lowest BCUT2D eigenvalue weighted by atomic mass is 10.1. The van der Waals surface area contributed by atoms with Crippen LogP contribution in [0.2, 0.25) is 0 Å². The third kappa shape index (κ3) is 29.0. The van der Waals surface area contributed by atoms with E-state index in [1.54, 1.807) is 0 Å². The molecule has 4 rings (SSSR count). The molecule has 2 unspecified atom stereocenters. The van der Waals surface area contributed by atoms with E-state index in [0.29, 0.717) is 18.8 Å². The summed E-state index contributed by atoms with van der Waals surface area (Å²) in [5.41, 5.74) is 0.961. The van der Waals surface area contributed by atoms with Crippen LogP contribution in [0.1, 0.15) is 122 Å². The Morgan fingerprint density at radius 3 is 1.64 bits per heavy atom. The predicted molar refractivity (Wildman–Crippen MR) is 195 cm³/mol. The number of carbonyl (C=O) groups is 1. The molecule has 1 aromatic rings. The number of fused-ring (bicyclic) bond motifs is 1. The molecule has 2 aliphatic carbocycles. The Morgan fingerprint density at radius 2 is 1.15 bits per heavy atom. The van der Waals surface area contributed by atoms with Crippen LogP contribution in [0.4, 0.5) is 4.79 Å². The zero-order valence-corrected chi connectivity index (χ0v) is 29.2. The molecule has 0 amide bonds. The smallest absolute Gasteiger partial charge is 0.434 e. The Bertz CT molecular complexity index is 931. The van der Waals surface area contributed by atoms with Crippen molar-refractivity contribution in [3.8, 4) is 0 Å². The van der Waals surface area contributed by atoms with Gasteiger partial charge < -0.3 is 24.4 Å². The number of epoxide rings is 1. The summed E-state index contributed by atoms with van der Waals surface area (Å²) in [6.07, 6.45) is 41.6. The van der Waals surface area contributed by atoms with Gasteiger partial charge in [0.2, 0.25) is 0 Å². The molecule has 0 saturated carbocycles. The molecule has 0 aromatic heterocycles. The zero-order chi connectivity index (χ0) is 33.9. The summed E-state index contributed by atoms with van der Waals surface area (Å²) in [4.78, 5) is 11.3. The first-order chi connectivity index (χ1) is 23.2. The number of aliphatic hydroxyl groups is 2. The number of hydrogen-bond donors (Lipinski definition) is 2. The minimum atomic E-state index is -0.594. The van der Waals surface area contributed by atoms with Gasteiger partial charge in [0.1, 0.15) is 6.61 Å². The van der Waals surface area contributed by atoms with Crippen molar-refractivity contribution in [2.45, 2.75) is 135 Å². The highest BCUT2D eigenvalue weighted by Crippen LogP contribution is 2.31. The summed E-state index contributed by atoms with van der Waals surface area (Å²) in [5.74, 6) is 0. The van der Waals surface area contributed by atoms with E-state index in [4.69, 9.17) is 24.4 Å². The van der Waals surface area contributed by atoms with E-state index in [1.807, 2.05) is 42.5 Å². The van der Waals surface area contributed by atoms with E-state index in [1.165, 1.54) is 64.2 Å². The molecular weight excluding hydrogens is 588 g/mol. The molecule has 2 N–H and O–H groups in total. The van der Waals surface area contributed by atoms with E-state index in [-0.39, 0.29) is 19.8 Å². The van der Waals surface area contributed by atoms with Crippen LogP contribution in [0, 0.1) is 0 Å². The third-order valence-electron chi connectivity index (χ3n) is 7.47. The van der Waals surface area contributed by atoms with Gasteiger partial charge in [-0.1, -0.05) is 111 Å². The molecular formula is C41H64O6. The molecule has 6 nitrogen and oxygen atoms in total. The van der Waals surface area contributed by atoms with Crippen molar-refractivity contribution in [3.63, 3.8) is 0 Å². The predicted octanol–water partition coefficient (Wildman–Crippen LogP) is 10.5. The van der Waals surface area contributed by atoms with Crippen molar-refractivity contribution in [2.24, 2.45) is 0 Å². The number of hydrogen-bond acceptors (Lipinski definition) is 6. The van der Waals surface area contributed by atoms with Gasteiger partial charge in [0.05, 0.1) is 18.8 Å². The minimum Gasteiger partial charge on any atom is -0.434 e. The number of aliphatic hydroxyl groups excluding tert-OH is 2. The maximum absolute atomic E-state index is 11.3. The molecule has 3 aliphatic rings. The topological polar surface area (TPSA) is 88.5 Å². The van der Waals surface area contributed by atoms with Crippen molar-refractivity contribution in [1.82, 2.24) is 0 Å². The van der Waals surface area contributed by atoms with Crippen molar-refractivity contribution < 1.29 is 29.2 Å². The Kier molecular flexibility index (Phi) is 29.5. The molecule has 1 saturated heterocycles. The van der Waals surface area contributed by atoms with Crippen LogP contribution in [0.5, 0.6) is 0 Å². The fourth-order valence-electron chi connectivity index (χ4n) is 4.63. The van der Waals surface area contributed by atoms with Crippen molar-refractivity contribution in [3.05, 3.63) is 96.7 Å². The standard InChI is InChI=1S/C17H24O3.C8H16O2.C8H12O.C8H12/c1-2-3-4-5-6-7-11-14-19-17(18)20-15-16-12-9-8-10-13-16;9-7-5-3-1-2-4-6-8-10;1-2-4-6-8-7(9-8)5-3-1;1-2-4-6-8-7-5-3-1/h5-6,8-10,12-13H,2-4,7,11,14-15H2,1H3;1-2,9-10H,3-8H2;1-2,7-8H,3-6H2;1-2,7-8H,3-6H2/b6-5-;2-1-;;2-1-,8-7?. The summed E-state index contributed by atoms with van der Waals surface area (Å²) in [6.45, 7) is 3.39. The second-order valence-electron chi connectivity index (χ2n) is 11.8. The number of benzene rings is 1. The van der Waals surface area contributed by atoms with Crippen LogP contribution in [0.3, 0.4) is 0 Å². The number of allylic oxidation sites excluding steroid dienone is 10. The van der Waals surface area contributed by atoms with Gasteiger partial charge in [-0.2, -0.15) is 0 Å². The molecule has 2 atom stereocenters. The third-order valence-corrected chi connectivity index (χ3v) is 7.47. The van der Waals surface area contributed by atoms with Gasteiger partial charge in [-0.05, 0) is 102 Å². The van der Waals surface area contributed by atoms with Gasteiger partial charge in [-0.15, -0.1) is 0 Å². The Morgan fingerprint density at radius 1 is 0.681 bits per heavy atom. The van der Waals surface area contributed by atoms with E-state index < -0.39 is 6.16 Å². The Labute approximate surface area is 286 Å². The number of unbranched alkanes of at least 4 members (excludes halogenated alkanes) is 5. The minimum absolute atomic E-state index is 0.261. The summed E-state index contributed by atoms with van der Waals surface area (Å²) in [5, 5.41) is 16.8. The normalized spacial score (nSPS) is 18.8. The Balaban J connectivity index is 0.000000341. The lowest BCUT2D eigenvalue weighted by Crippen LogP contribution is -2.08. The van der Waals surface area contributed by atoms with Gasteiger partial charge >= 0.3 is 6.16 Å². The average molecular weight is 653 g/mol. The van der Waals surface area contributed by atoms with E-state index in [2.05, 4.69) is 55.5 Å². The van der Waals surface area contributed by atoms with Crippen molar-refractivity contribution in [1.29, 1.82) is 0 Å². The summed E-state index contributed by atoms with van der Waals surface area (Å²) in [7, 11) is 0. The maximum atomic E-state index is 11.3. The molecule has 1 heterocycles. The lowest BCUT2D eigenvalue weighted by Gasteiger charge is -2.05. The van der Waals surface area contributed by atoms with Gasteiger partial charge in [0.15, 0.2) is 0 Å². The van der Waals surface area contributed by atoms with Crippen molar-refractivity contribution in [2.75, 3.05) is 19.8 Å². The molecule has 1 aromatic carbocycles. The number of ether oxygens (including phenoxy) is 3. The zero-order valence-electron chi connectivity index (χ0n) is 29.2. The quantitative estimate of drug-likeness (QED) is 0.0848. The fourth-order valence-corrected chi connectivity index (χ4v) is 4.63. The van der Waals surface area contributed by atoms with E-state index in [9.17, 15) is 4.79 Å². The second-order valence-corrected chi connectivity index (χ2v) is 11.8. The molecule has 0 spiro atoms. The van der Waals surface area contributed by atoms with Gasteiger partial charge in [0.25, 0.3) is 0 Å². The summed E-state index contributed by atoms with van der Waals surface area (Å²) < 4.78 is 15.4. The number of carbonyl (C=O) groups excluding carboxylic acids is 1. The van der Waals surface area contributed by atoms with E-state index in [0.717, 1.165) is 50.5 Å². The van der Waals surface area contributed by atoms with Gasteiger partial charge in [0, 0.05) is 13.2 Å². The monoisotopic (exact) mass is 652 g/mol. The summed E-state index contributed by atoms with van der Waals surface area (Å²) >= 11 is 0. The first-order valence-corrected chi connectivity index (χ1v) is 18.2. The summed E-state index contributed by atoms with van der Waals surface area (Å²) in [6, 6.07) is 9.57. The van der Waals surface area contributed by atoms with Crippen LogP contribution in [0.25, 0.3) is 0 Å². The molecule has 264 valence electrons. The van der Waals surface area contributed by atoms with Crippen molar-refractivity contribution >= 4 is 6.16 Å². The van der Waals surface area contributed by atoms with Crippen LogP contribution >= 0.6 is 0 Å². The highest BCUT2D eigenvalue weighted by molar-refractivity contribution is 5.59. The first-order valence-electron chi connectivity index (χ1n) is 18.2. The van der Waals surface area contributed by atoms with Crippen LogP contribution < -0.4 is 0 Å². The van der Waals surface area contributed by atoms with Crippen LogP contribution in [0.15, 0.2) is 91.1 Å². The van der Waals surface area contributed by atoms with Crippen LogP contribution in [-0.2, 0) is 20.8 Å². The largest absolute Gasteiger partial charge is 0.508 e. The van der Waals surface area contributed by atoms with Crippen LogP contribution in [-0.4, -0.2) is 48.4 Å². The lowest BCUT2D eigenvalue weighted by molar-refractivity contribution is 0.0493. The number of rotatable bonds is 15. The molecule has 6 heteroatoms. The fraction of sp³-hybridized carbons (Fsp3) is 0.585. The van der Waals surface area contributed by atoms with Gasteiger partial charge in [-0.25, -0.2) is 4.79 Å². The highest BCUT2D eigenvalue weighted by Gasteiger charge is 2.37. The SMILES string of the molecule is C1=CCC/C=C\CC1.C1=CCCC2OC2CC1.CCCC/C=C\CCCOC(=O)OCc1ccccc1.OCCC/C=C\CCCO. The van der Waals surface area contributed by atoms with Gasteiger partial charge in [-0.3, -0.25) is 0 Å². The molecule has 1 aliphatic heterocycles. The second kappa shape index (κ2) is 33.0. The molecule has 0 radical (unpaired) electrons. The average Bonchev–Trinajstić information content (AvgIpc) is 3.80. The first kappa shape index (κ1) is 42.1. The molecule has 1 fully saturated rings. The molecule has 47 heavy (non-hydrogen) atoms. The highest BCUT2D eigenvalue weighted by atomic mass is 16.7. The van der Waals surface area contributed by atoms with E-state index >= 15 is 0 Å². The Hall–Kier alpha value is -2.93. The molecule has 0 bridgehead atoms. The maximum Gasteiger partial charge on any atom is 0.508 e.